The highest BCUT2D eigenvalue weighted by molar-refractivity contribution is 5.64. The van der Waals surface area contributed by atoms with Gasteiger partial charge < -0.3 is 24.1 Å². The summed E-state index contributed by atoms with van der Waals surface area (Å²) < 4.78 is 23.4. The molecule has 2 fully saturated rings. The van der Waals surface area contributed by atoms with Gasteiger partial charge in [0.1, 0.15) is 5.75 Å². The minimum atomic E-state index is -0.730. The van der Waals surface area contributed by atoms with Crippen molar-refractivity contribution in [2.45, 2.75) is 76.8 Å². The van der Waals surface area contributed by atoms with Crippen LogP contribution in [0.25, 0.3) is 0 Å². The number of aliphatic hydroxyl groups excluding tert-OH is 1. The van der Waals surface area contributed by atoms with E-state index in [0.29, 0.717) is 19.4 Å². The van der Waals surface area contributed by atoms with E-state index in [2.05, 4.69) is 19.9 Å². The van der Waals surface area contributed by atoms with Gasteiger partial charge in [-0.2, -0.15) is 0 Å². The number of aliphatic hydroxyl groups is 1. The van der Waals surface area contributed by atoms with E-state index < -0.39 is 17.2 Å². The molecule has 3 aliphatic rings. The van der Waals surface area contributed by atoms with Gasteiger partial charge in [-0.3, -0.25) is 0 Å². The highest BCUT2D eigenvalue weighted by atomic mass is 16.8. The van der Waals surface area contributed by atoms with Crippen LogP contribution in [0.5, 0.6) is 5.75 Å². The molecule has 0 aromatic heterocycles. The number of cyclic esters (lactones) is 1. The third kappa shape index (κ3) is 4.20. The van der Waals surface area contributed by atoms with Crippen molar-refractivity contribution >= 4 is 6.16 Å². The molecule has 0 unspecified atom stereocenters. The van der Waals surface area contributed by atoms with Gasteiger partial charge in [0, 0.05) is 11.3 Å². The molecule has 1 aromatic rings. The van der Waals surface area contributed by atoms with Crippen molar-refractivity contribution in [1.82, 2.24) is 0 Å². The first kappa shape index (κ1) is 22.2. The van der Waals surface area contributed by atoms with E-state index in [4.69, 9.17) is 18.9 Å². The lowest BCUT2D eigenvalue weighted by atomic mass is 9.61. The summed E-state index contributed by atoms with van der Waals surface area (Å²) in [5.41, 5.74) is 0.922. The Bertz CT molecular complexity index is 814. The normalized spacial score (nSPS) is 32.3. The molecule has 0 amide bonds. The third-order valence-electron chi connectivity index (χ3n) is 7.39. The lowest BCUT2D eigenvalue weighted by Gasteiger charge is -2.49. The maximum atomic E-state index is 12.4. The van der Waals surface area contributed by atoms with E-state index >= 15 is 0 Å². The Balaban J connectivity index is 1.54. The number of hydrogen-bond donors (Lipinski definition) is 1. The minimum absolute atomic E-state index is 0.00578. The number of rotatable bonds is 6. The topological polar surface area (TPSA) is 74.2 Å². The fraction of sp³-hybridized carbons (Fsp3) is 0.640. The predicted octanol–water partition coefficient (Wildman–Crippen LogP) is 4.78. The Hall–Kier alpha value is -2.05. The quantitative estimate of drug-likeness (QED) is 0.517. The van der Waals surface area contributed by atoms with Crippen LogP contribution in [0.4, 0.5) is 4.79 Å². The van der Waals surface area contributed by atoms with Crippen LogP contribution >= 0.6 is 0 Å². The van der Waals surface area contributed by atoms with Gasteiger partial charge in [0.05, 0.1) is 26.4 Å². The fourth-order valence-corrected chi connectivity index (χ4v) is 5.66. The number of hydrogen-bond acceptors (Lipinski definition) is 6. The Kier molecular flexibility index (Phi) is 6.31. The Labute approximate surface area is 184 Å². The second-order valence-electron chi connectivity index (χ2n) is 9.61. The minimum Gasteiger partial charge on any atom is -0.497 e. The van der Waals surface area contributed by atoms with E-state index in [9.17, 15) is 9.90 Å². The summed E-state index contributed by atoms with van der Waals surface area (Å²) in [6, 6.07) is 7.91. The zero-order chi connectivity index (χ0) is 22.1. The highest BCUT2D eigenvalue weighted by Crippen LogP contribution is 2.54. The van der Waals surface area contributed by atoms with Gasteiger partial charge in [-0.1, -0.05) is 44.9 Å². The molecule has 1 aliphatic heterocycles. The first-order chi connectivity index (χ1) is 14.9. The molecule has 6 heteroatoms. The standard InChI is InChI=1S/C25H34O6/c1-24(2)14-18(15-26)12-13-25(24)22(30-23(27)31-25)20-6-4-5-7-21(20)29-16-17-8-10-19(28-3)11-9-17/h8-11,14,20-22,26H,4-7,12-13,15-16H2,1-3H3/t20-,21-,22+,25-/m1/s1. The van der Waals surface area contributed by atoms with Gasteiger partial charge >= 0.3 is 6.16 Å². The monoisotopic (exact) mass is 430 g/mol. The number of ether oxygens (including phenoxy) is 4. The molecule has 1 N–H and O–H groups in total. The molecular weight excluding hydrogens is 396 g/mol. The molecule has 1 spiro atoms. The molecule has 6 nitrogen and oxygen atoms in total. The van der Waals surface area contributed by atoms with E-state index in [-0.39, 0.29) is 24.7 Å². The second-order valence-corrected chi connectivity index (χ2v) is 9.61. The molecule has 0 bridgehead atoms. The van der Waals surface area contributed by atoms with E-state index in [1.165, 1.54) is 0 Å². The molecule has 0 radical (unpaired) electrons. The molecule has 1 saturated heterocycles. The molecule has 4 rings (SSSR count). The molecule has 1 aromatic carbocycles. The average molecular weight is 431 g/mol. The van der Waals surface area contributed by atoms with Gasteiger partial charge in [-0.05, 0) is 49.0 Å². The van der Waals surface area contributed by atoms with Crippen molar-refractivity contribution in [3.05, 3.63) is 41.5 Å². The molecule has 2 aliphatic carbocycles. The van der Waals surface area contributed by atoms with E-state index in [1.807, 2.05) is 24.3 Å². The largest absolute Gasteiger partial charge is 0.509 e. The maximum Gasteiger partial charge on any atom is 0.509 e. The SMILES string of the molecule is COc1ccc(CO[C@@H]2CCCC[C@H]2[C@@H]2OC(=O)O[C@]23CCC(CO)=CC3(C)C)cc1. The molecular formula is C25H34O6. The van der Waals surface area contributed by atoms with Crippen molar-refractivity contribution < 1.29 is 28.8 Å². The van der Waals surface area contributed by atoms with Crippen LogP contribution < -0.4 is 4.74 Å². The zero-order valence-electron chi connectivity index (χ0n) is 18.8. The van der Waals surface area contributed by atoms with Gasteiger partial charge in [0.15, 0.2) is 11.7 Å². The highest BCUT2D eigenvalue weighted by Gasteiger charge is 2.63. The number of carbonyl (C=O) groups excluding carboxylic acids is 1. The van der Waals surface area contributed by atoms with Gasteiger partial charge in [-0.15, -0.1) is 0 Å². The Morgan fingerprint density at radius 3 is 2.58 bits per heavy atom. The number of benzene rings is 1. The average Bonchev–Trinajstić information content (AvgIpc) is 3.12. The summed E-state index contributed by atoms with van der Waals surface area (Å²) in [6.45, 7) is 4.70. The number of methoxy groups -OCH3 is 1. The molecule has 170 valence electrons. The third-order valence-corrected chi connectivity index (χ3v) is 7.39. The Morgan fingerprint density at radius 1 is 1.16 bits per heavy atom. The fourth-order valence-electron chi connectivity index (χ4n) is 5.66. The lowest BCUT2D eigenvalue weighted by Crippen LogP contribution is -2.58. The van der Waals surface area contributed by atoms with Crippen molar-refractivity contribution in [2.24, 2.45) is 11.3 Å². The van der Waals surface area contributed by atoms with Crippen LogP contribution in [0.1, 0.15) is 57.9 Å². The van der Waals surface area contributed by atoms with E-state index in [0.717, 1.165) is 42.6 Å². The smallest absolute Gasteiger partial charge is 0.497 e. The first-order valence-corrected chi connectivity index (χ1v) is 11.3. The summed E-state index contributed by atoms with van der Waals surface area (Å²) in [5.74, 6) is 0.910. The maximum absolute atomic E-state index is 12.4. The van der Waals surface area contributed by atoms with E-state index in [1.54, 1.807) is 7.11 Å². The van der Waals surface area contributed by atoms with Gasteiger partial charge in [-0.25, -0.2) is 4.79 Å². The molecule has 1 saturated carbocycles. The summed E-state index contributed by atoms with van der Waals surface area (Å²) in [6.07, 6.45) is 6.60. The Morgan fingerprint density at radius 2 is 1.90 bits per heavy atom. The first-order valence-electron chi connectivity index (χ1n) is 11.3. The van der Waals surface area contributed by atoms with Crippen molar-refractivity contribution in [3.8, 4) is 5.75 Å². The van der Waals surface area contributed by atoms with Gasteiger partial charge in [0.25, 0.3) is 0 Å². The van der Waals surface area contributed by atoms with Crippen LogP contribution in [0.2, 0.25) is 0 Å². The molecule has 1 heterocycles. The van der Waals surface area contributed by atoms with Crippen molar-refractivity contribution in [2.75, 3.05) is 13.7 Å². The molecule has 31 heavy (non-hydrogen) atoms. The summed E-state index contributed by atoms with van der Waals surface area (Å²) in [7, 11) is 1.66. The summed E-state index contributed by atoms with van der Waals surface area (Å²) in [5, 5.41) is 9.64. The van der Waals surface area contributed by atoms with Crippen LogP contribution in [0.3, 0.4) is 0 Å². The number of carbonyl (C=O) groups is 1. The van der Waals surface area contributed by atoms with Crippen LogP contribution in [-0.4, -0.2) is 42.8 Å². The molecule has 4 atom stereocenters. The zero-order valence-corrected chi connectivity index (χ0v) is 18.8. The second kappa shape index (κ2) is 8.83. The van der Waals surface area contributed by atoms with Crippen molar-refractivity contribution in [3.63, 3.8) is 0 Å². The lowest BCUT2D eigenvalue weighted by molar-refractivity contribution is -0.122. The predicted molar refractivity (Wildman–Crippen MR) is 116 cm³/mol. The van der Waals surface area contributed by atoms with Crippen LogP contribution in [0, 0.1) is 11.3 Å². The van der Waals surface area contributed by atoms with Crippen molar-refractivity contribution in [1.29, 1.82) is 0 Å². The van der Waals surface area contributed by atoms with Crippen LogP contribution in [0.15, 0.2) is 35.9 Å². The van der Waals surface area contributed by atoms with Gasteiger partial charge in [0.2, 0.25) is 0 Å². The summed E-state index contributed by atoms with van der Waals surface area (Å²) >= 11 is 0. The summed E-state index contributed by atoms with van der Waals surface area (Å²) in [4.78, 5) is 12.4. The van der Waals surface area contributed by atoms with Crippen LogP contribution in [-0.2, 0) is 20.8 Å².